The lowest BCUT2D eigenvalue weighted by Gasteiger charge is -2.53. The smallest absolute Gasteiger partial charge is 0.0762 e. The van der Waals surface area contributed by atoms with Crippen molar-refractivity contribution in [2.75, 3.05) is 13.2 Å². The van der Waals surface area contributed by atoms with Gasteiger partial charge < -0.3 is 15.6 Å². The fourth-order valence-corrected chi connectivity index (χ4v) is 4.33. The minimum atomic E-state index is -0.601. The van der Waals surface area contributed by atoms with E-state index < -0.39 is 5.60 Å². The average molecular weight is 269 g/mol. The van der Waals surface area contributed by atoms with Crippen molar-refractivity contribution in [1.29, 1.82) is 0 Å². The standard InChI is InChI=1S/C16H31NO2/c1-3-4-14-5-7-15(12-17,8-6-14)16(18)9-10-19-13(2)11-16/h13-14,18H,3-12,17H2,1-2H3. The first-order valence-electron chi connectivity index (χ1n) is 8.09. The summed E-state index contributed by atoms with van der Waals surface area (Å²) in [6, 6.07) is 0. The van der Waals surface area contributed by atoms with E-state index >= 15 is 0 Å². The number of aliphatic hydroxyl groups is 1. The summed E-state index contributed by atoms with van der Waals surface area (Å²) >= 11 is 0. The summed E-state index contributed by atoms with van der Waals surface area (Å²) in [5.74, 6) is 0.852. The van der Waals surface area contributed by atoms with Crippen molar-refractivity contribution in [2.45, 2.75) is 76.9 Å². The van der Waals surface area contributed by atoms with E-state index in [9.17, 15) is 5.11 Å². The van der Waals surface area contributed by atoms with Gasteiger partial charge in [-0.05, 0) is 38.5 Å². The van der Waals surface area contributed by atoms with Gasteiger partial charge in [-0.1, -0.05) is 19.8 Å². The third-order valence-electron chi connectivity index (χ3n) is 5.68. The Labute approximate surface area is 117 Å². The predicted octanol–water partition coefficient (Wildman–Crippen LogP) is 2.85. The van der Waals surface area contributed by atoms with Crippen molar-refractivity contribution in [1.82, 2.24) is 0 Å². The molecule has 0 aromatic carbocycles. The molecular weight excluding hydrogens is 238 g/mol. The average Bonchev–Trinajstić information content (AvgIpc) is 2.40. The molecule has 0 bridgehead atoms. The molecule has 3 nitrogen and oxygen atoms in total. The summed E-state index contributed by atoms with van der Waals surface area (Å²) in [6.07, 6.45) is 8.94. The van der Waals surface area contributed by atoms with Crippen molar-refractivity contribution in [2.24, 2.45) is 17.1 Å². The monoisotopic (exact) mass is 269 g/mol. The fourth-order valence-electron chi connectivity index (χ4n) is 4.33. The van der Waals surface area contributed by atoms with Crippen LogP contribution in [0.3, 0.4) is 0 Å². The maximum atomic E-state index is 11.2. The summed E-state index contributed by atoms with van der Waals surface area (Å²) in [7, 11) is 0. The minimum absolute atomic E-state index is 0.0602. The van der Waals surface area contributed by atoms with Crippen LogP contribution in [-0.4, -0.2) is 30.0 Å². The van der Waals surface area contributed by atoms with E-state index in [1.165, 1.54) is 25.7 Å². The highest BCUT2D eigenvalue weighted by Crippen LogP contribution is 2.51. The molecule has 1 aliphatic carbocycles. The van der Waals surface area contributed by atoms with Gasteiger partial charge in [0.2, 0.25) is 0 Å². The Morgan fingerprint density at radius 1 is 1.26 bits per heavy atom. The van der Waals surface area contributed by atoms with E-state index in [0.29, 0.717) is 13.2 Å². The van der Waals surface area contributed by atoms with Crippen LogP contribution >= 0.6 is 0 Å². The second-order valence-electron chi connectivity index (χ2n) is 6.88. The second-order valence-corrected chi connectivity index (χ2v) is 6.88. The van der Waals surface area contributed by atoms with Gasteiger partial charge in [0.25, 0.3) is 0 Å². The molecule has 0 aromatic rings. The van der Waals surface area contributed by atoms with E-state index in [0.717, 1.165) is 31.6 Å². The minimum Gasteiger partial charge on any atom is -0.389 e. The highest BCUT2D eigenvalue weighted by atomic mass is 16.5. The van der Waals surface area contributed by atoms with Crippen molar-refractivity contribution >= 4 is 0 Å². The Morgan fingerprint density at radius 3 is 2.47 bits per heavy atom. The maximum absolute atomic E-state index is 11.2. The first-order valence-corrected chi connectivity index (χ1v) is 8.09. The highest BCUT2D eigenvalue weighted by Gasteiger charge is 2.52. The first-order chi connectivity index (χ1) is 9.05. The summed E-state index contributed by atoms with van der Waals surface area (Å²) in [4.78, 5) is 0. The van der Waals surface area contributed by atoms with Crippen LogP contribution in [0.2, 0.25) is 0 Å². The zero-order chi connectivity index (χ0) is 13.9. The van der Waals surface area contributed by atoms with Crippen LogP contribution in [0.5, 0.6) is 0 Å². The van der Waals surface area contributed by atoms with Crippen LogP contribution in [0.25, 0.3) is 0 Å². The molecule has 3 N–H and O–H groups in total. The quantitative estimate of drug-likeness (QED) is 0.825. The summed E-state index contributed by atoms with van der Waals surface area (Å²) in [5.41, 5.74) is 5.46. The highest BCUT2D eigenvalue weighted by molar-refractivity contribution is 5.03. The van der Waals surface area contributed by atoms with Gasteiger partial charge in [0, 0.05) is 31.4 Å². The van der Waals surface area contributed by atoms with E-state index in [-0.39, 0.29) is 11.5 Å². The van der Waals surface area contributed by atoms with Crippen molar-refractivity contribution in [3.05, 3.63) is 0 Å². The van der Waals surface area contributed by atoms with Crippen molar-refractivity contribution < 1.29 is 9.84 Å². The maximum Gasteiger partial charge on any atom is 0.0762 e. The normalized spacial score (nSPS) is 44.2. The molecule has 1 heterocycles. The molecule has 1 aliphatic heterocycles. The Hall–Kier alpha value is -0.120. The van der Waals surface area contributed by atoms with Gasteiger partial charge in [-0.3, -0.25) is 0 Å². The third-order valence-corrected chi connectivity index (χ3v) is 5.68. The number of ether oxygens (including phenoxy) is 1. The molecular formula is C16H31NO2. The fraction of sp³-hybridized carbons (Fsp3) is 1.00. The van der Waals surface area contributed by atoms with Gasteiger partial charge in [-0.2, -0.15) is 0 Å². The molecule has 3 heteroatoms. The molecule has 0 aromatic heterocycles. The Kier molecular flexibility index (Phi) is 4.91. The van der Waals surface area contributed by atoms with E-state index in [2.05, 4.69) is 13.8 Å². The van der Waals surface area contributed by atoms with Crippen molar-refractivity contribution in [3.8, 4) is 0 Å². The Bertz CT molecular complexity index is 286. The molecule has 1 saturated carbocycles. The molecule has 2 unspecified atom stereocenters. The molecule has 19 heavy (non-hydrogen) atoms. The summed E-state index contributed by atoms with van der Waals surface area (Å²) in [6.45, 7) is 5.63. The summed E-state index contributed by atoms with van der Waals surface area (Å²) < 4.78 is 5.61. The zero-order valence-electron chi connectivity index (χ0n) is 12.7. The predicted molar refractivity (Wildman–Crippen MR) is 78.0 cm³/mol. The molecule has 112 valence electrons. The number of nitrogens with two attached hydrogens (primary N) is 1. The number of hydrogen-bond acceptors (Lipinski definition) is 3. The molecule has 1 saturated heterocycles. The summed E-state index contributed by atoms with van der Waals surface area (Å²) in [5, 5.41) is 11.2. The Balaban J connectivity index is 2.06. The zero-order valence-corrected chi connectivity index (χ0v) is 12.7. The van der Waals surface area contributed by atoms with Crippen LogP contribution < -0.4 is 5.73 Å². The van der Waals surface area contributed by atoms with Crippen LogP contribution in [0, 0.1) is 11.3 Å². The first kappa shape index (κ1) is 15.3. The van der Waals surface area contributed by atoms with Gasteiger partial charge in [0.05, 0.1) is 11.7 Å². The van der Waals surface area contributed by atoms with Crippen molar-refractivity contribution in [3.63, 3.8) is 0 Å². The van der Waals surface area contributed by atoms with E-state index in [1.54, 1.807) is 0 Å². The van der Waals surface area contributed by atoms with Gasteiger partial charge >= 0.3 is 0 Å². The number of hydrogen-bond donors (Lipinski definition) is 2. The van der Waals surface area contributed by atoms with Gasteiger partial charge in [0.1, 0.15) is 0 Å². The van der Waals surface area contributed by atoms with Crippen LogP contribution in [0.4, 0.5) is 0 Å². The second kappa shape index (κ2) is 6.11. The lowest BCUT2D eigenvalue weighted by Crippen LogP contribution is -2.58. The third kappa shape index (κ3) is 2.98. The molecule has 2 fully saturated rings. The SMILES string of the molecule is CCCC1CCC(CN)(C2(O)CCOC(C)C2)CC1. The van der Waals surface area contributed by atoms with Crippen LogP contribution in [0.15, 0.2) is 0 Å². The topological polar surface area (TPSA) is 55.5 Å². The Morgan fingerprint density at radius 2 is 1.95 bits per heavy atom. The lowest BCUT2D eigenvalue weighted by atomic mass is 9.58. The number of rotatable bonds is 4. The van der Waals surface area contributed by atoms with E-state index in [4.69, 9.17) is 10.5 Å². The van der Waals surface area contributed by atoms with Crippen LogP contribution in [0.1, 0.15) is 65.2 Å². The van der Waals surface area contributed by atoms with Gasteiger partial charge in [0.15, 0.2) is 0 Å². The molecule has 2 atom stereocenters. The van der Waals surface area contributed by atoms with Crippen LogP contribution in [-0.2, 0) is 4.74 Å². The molecule has 2 rings (SSSR count). The lowest BCUT2D eigenvalue weighted by molar-refractivity contribution is -0.174. The largest absolute Gasteiger partial charge is 0.389 e. The molecule has 0 radical (unpaired) electrons. The molecule has 0 amide bonds. The molecule has 2 aliphatic rings. The molecule has 0 spiro atoms. The van der Waals surface area contributed by atoms with Gasteiger partial charge in [-0.15, -0.1) is 0 Å². The van der Waals surface area contributed by atoms with Gasteiger partial charge in [-0.25, -0.2) is 0 Å². The van der Waals surface area contributed by atoms with E-state index in [1.807, 2.05) is 0 Å².